The number of imidazole rings is 1. The average Bonchev–Trinajstić information content (AvgIpc) is 3.01. The summed E-state index contributed by atoms with van der Waals surface area (Å²) in [6, 6.07) is 0.563. The smallest absolute Gasteiger partial charge is 0.157 e. The van der Waals surface area contributed by atoms with Crippen molar-refractivity contribution in [3.05, 3.63) is 42.5 Å². The lowest BCUT2D eigenvalue weighted by Gasteiger charge is -2.25. The highest BCUT2D eigenvalue weighted by Crippen LogP contribution is 2.36. The molecule has 4 nitrogen and oxygen atoms in total. The normalized spacial score (nSPS) is 22.0. The van der Waals surface area contributed by atoms with Crippen molar-refractivity contribution >= 4 is 17.0 Å². The van der Waals surface area contributed by atoms with Gasteiger partial charge in [-0.2, -0.15) is 0 Å². The minimum atomic E-state index is 0.563. The fraction of sp³-hybridized carbons (Fsp3) is 0.524. The summed E-state index contributed by atoms with van der Waals surface area (Å²) in [6.07, 6.45) is 18.0. The lowest BCUT2D eigenvalue weighted by atomic mass is 9.84. The van der Waals surface area contributed by atoms with Crippen LogP contribution in [0.2, 0.25) is 0 Å². The van der Waals surface area contributed by atoms with Crippen LogP contribution in [-0.2, 0) is 0 Å². The number of aromatic nitrogens is 3. The van der Waals surface area contributed by atoms with Crippen LogP contribution in [0.25, 0.3) is 11.2 Å². The number of fused-ring (bicyclic) bond motifs is 1. The van der Waals surface area contributed by atoms with Crippen LogP contribution in [0.1, 0.15) is 64.0 Å². The molecule has 0 bridgehead atoms. The molecule has 25 heavy (non-hydrogen) atoms. The van der Waals surface area contributed by atoms with Crippen molar-refractivity contribution in [1.82, 2.24) is 14.4 Å². The Morgan fingerprint density at radius 3 is 2.80 bits per heavy atom. The van der Waals surface area contributed by atoms with Crippen molar-refractivity contribution in [2.24, 2.45) is 5.92 Å². The van der Waals surface area contributed by atoms with E-state index in [-0.39, 0.29) is 0 Å². The SMILES string of the molecule is C=C(C)[C@@H]1CC=C(c2nc3cnccn3c2NC2CCCCC2)CC1. The van der Waals surface area contributed by atoms with E-state index in [9.17, 15) is 0 Å². The van der Waals surface area contributed by atoms with Crippen molar-refractivity contribution < 1.29 is 0 Å². The molecule has 1 saturated carbocycles. The first kappa shape index (κ1) is 16.4. The van der Waals surface area contributed by atoms with E-state index in [1.54, 1.807) is 0 Å². The van der Waals surface area contributed by atoms with E-state index >= 15 is 0 Å². The van der Waals surface area contributed by atoms with Crippen LogP contribution in [0.15, 0.2) is 36.8 Å². The largest absolute Gasteiger partial charge is 0.367 e. The fourth-order valence-corrected chi connectivity index (χ4v) is 4.21. The summed E-state index contributed by atoms with van der Waals surface area (Å²) in [7, 11) is 0. The first-order valence-corrected chi connectivity index (χ1v) is 9.66. The highest BCUT2D eigenvalue weighted by atomic mass is 15.2. The second kappa shape index (κ2) is 7.03. The maximum absolute atomic E-state index is 4.92. The molecule has 4 heteroatoms. The van der Waals surface area contributed by atoms with Crippen LogP contribution in [0.4, 0.5) is 5.82 Å². The van der Waals surface area contributed by atoms with E-state index in [4.69, 9.17) is 4.98 Å². The first-order valence-electron chi connectivity index (χ1n) is 9.66. The van der Waals surface area contributed by atoms with E-state index in [1.807, 2.05) is 18.6 Å². The summed E-state index contributed by atoms with van der Waals surface area (Å²) in [5.41, 5.74) is 4.73. The van der Waals surface area contributed by atoms with E-state index in [1.165, 1.54) is 49.7 Å². The summed E-state index contributed by atoms with van der Waals surface area (Å²) < 4.78 is 2.17. The van der Waals surface area contributed by atoms with Crippen LogP contribution in [0.3, 0.4) is 0 Å². The van der Waals surface area contributed by atoms with Gasteiger partial charge >= 0.3 is 0 Å². The molecular weight excluding hydrogens is 308 g/mol. The number of allylic oxidation sites excluding steroid dienone is 3. The van der Waals surface area contributed by atoms with Crippen LogP contribution >= 0.6 is 0 Å². The molecule has 1 fully saturated rings. The molecule has 2 aromatic heterocycles. The maximum Gasteiger partial charge on any atom is 0.157 e. The standard InChI is InChI=1S/C21H28N4/c1-15(2)16-8-10-17(11-9-16)20-21(23-18-6-4-3-5-7-18)25-13-12-22-14-19(25)24-20/h10,12-14,16,18,23H,1,3-9,11H2,2H3/t16-/m1/s1. The Bertz CT molecular complexity index is 795. The monoisotopic (exact) mass is 336 g/mol. The van der Waals surface area contributed by atoms with Gasteiger partial charge in [0, 0.05) is 18.4 Å². The minimum Gasteiger partial charge on any atom is -0.367 e. The third-order valence-electron chi connectivity index (χ3n) is 5.79. The van der Waals surface area contributed by atoms with E-state index in [2.05, 4.69) is 34.3 Å². The molecule has 4 rings (SSSR count). The van der Waals surface area contributed by atoms with Crippen LogP contribution in [-0.4, -0.2) is 20.4 Å². The number of hydrogen-bond donors (Lipinski definition) is 1. The number of anilines is 1. The molecule has 0 aliphatic heterocycles. The number of hydrogen-bond acceptors (Lipinski definition) is 3. The Hall–Kier alpha value is -2.10. The van der Waals surface area contributed by atoms with Crippen LogP contribution in [0, 0.1) is 5.92 Å². The number of rotatable bonds is 4. The molecule has 0 amide bonds. The average molecular weight is 336 g/mol. The molecule has 0 spiro atoms. The molecule has 1 N–H and O–H groups in total. The lowest BCUT2D eigenvalue weighted by molar-refractivity contribution is 0.461. The summed E-state index contributed by atoms with van der Waals surface area (Å²) in [5, 5.41) is 3.82. The molecule has 2 aliphatic rings. The predicted octanol–water partition coefficient (Wildman–Crippen LogP) is 5.23. The summed E-state index contributed by atoms with van der Waals surface area (Å²) in [5.74, 6) is 1.78. The van der Waals surface area contributed by atoms with Crippen LogP contribution < -0.4 is 5.32 Å². The van der Waals surface area contributed by atoms with Gasteiger partial charge in [-0.15, -0.1) is 0 Å². The Balaban J connectivity index is 1.68. The number of nitrogens with zero attached hydrogens (tertiary/aromatic N) is 3. The van der Waals surface area contributed by atoms with E-state index < -0.39 is 0 Å². The molecule has 2 aliphatic carbocycles. The molecule has 0 unspecified atom stereocenters. The van der Waals surface area contributed by atoms with Gasteiger partial charge in [0.15, 0.2) is 5.65 Å². The number of nitrogens with one attached hydrogen (secondary N) is 1. The molecule has 2 heterocycles. The Labute approximate surface area is 150 Å². The third kappa shape index (κ3) is 3.35. The first-order chi connectivity index (χ1) is 12.2. The van der Waals surface area contributed by atoms with E-state index in [0.29, 0.717) is 12.0 Å². The highest BCUT2D eigenvalue weighted by Gasteiger charge is 2.23. The van der Waals surface area contributed by atoms with Gasteiger partial charge in [-0.05, 0) is 50.5 Å². The van der Waals surface area contributed by atoms with Crippen molar-refractivity contribution in [3.63, 3.8) is 0 Å². The van der Waals surface area contributed by atoms with Crippen molar-refractivity contribution in [2.75, 3.05) is 5.32 Å². The highest BCUT2D eigenvalue weighted by molar-refractivity contribution is 5.76. The van der Waals surface area contributed by atoms with Gasteiger partial charge in [0.25, 0.3) is 0 Å². The van der Waals surface area contributed by atoms with E-state index in [0.717, 1.165) is 30.0 Å². The maximum atomic E-state index is 4.92. The molecule has 132 valence electrons. The third-order valence-corrected chi connectivity index (χ3v) is 5.79. The van der Waals surface area contributed by atoms with Gasteiger partial charge in [0.05, 0.1) is 6.20 Å². The van der Waals surface area contributed by atoms with Crippen molar-refractivity contribution in [2.45, 2.75) is 64.3 Å². The second-order valence-electron chi connectivity index (χ2n) is 7.64. The van der Waals surface area contributed by atoms with Gasteiger partial charge in [0.1, 0.15) is 11.5 Å². The molecule has 0 radical (unpaired) electrons. The van der Waals surface area contributed by atoms with Gasteiger partial charge in [-0.3, -0.25) is 9.38 Å². The fourth-order valence-electron chi connectivity index (χ4n) is 4.21. The van der Waals surface area contributed by atoms with Crippen molar-refractivity contribution in [1.29, 1.82) is 0 Å². The summed E-state index contributed by atoms with van der Waals surface area (Å²) in [4.78, 5) is 9.17. The van der Waals surface area contributed by atoms with Gasteiger partial charge in [-0.25, -0.2) is 4.98 Å². The van der Waals surface area contributed by atoms with Crippen LogP contribution in [0.5, 0.6) is 0 Å². The lowest BCUT2D eigenvalue weighted by Crippen LogP contribution is -2.23. The zero-order valence-corrected chi connectivity index (χ0v) is 15.2. The molecule has 0 aromatic carbocycles. The minimum absolute atomic E-state index is 0.563. The van der Waals surface area contributed by atoms with Gasteiger partial charge in [-0.1, -0.05) is 37.5 Å². The second-order valence-corrected chi connectivity index (χ2v) is 7.64. The quantitative estimate of drug-likeness (QED) is 0.777. The Morgan fingerprint density at radius 2 is 2.08 bits per heavy atom. The molecule has 2 aromatic rings. The molecule has 0 saturated heterocycles. The zero-order chi connectivity index (χ0) is 17.2. The van der Waals surface area contributed by atoms with Crippen molar-refractivity contribution in [3.8, 4) is 0 Å². The van der Waals surface area contributed by atoms with Gasteiger partial charge in [0.2, 0.25) is 0 Å². The summed E-state index contributed by atoms with van der Waals surface area (Å²) >= 11 is 0. The summed E-state index contributed by atoms with van der Waals surface area (Å²) in [6.45, 7) is 6.29. The zero-order valence-electron chi connectivity index (χ0n) is 15.2. The topological polar surface area (TPSA) is 42.2 Å². The molecule has 1 atom stereocenters. The Kier molecular flexibility index (Phi) is 4.60. The molecular formula is C21H28N4. The van der Waals surface area contributed by atoms with Gasteiger partial charge < -0.3 is 5.32 Å². The Morgan fingerprint density at radius 1 is 1.24 bits per heavy atom. The predicted molar refractivity (Wildman–Crippen MR) is 104 cm³/mol.